The van der Waals surface area contributed by atoms with Crippen LogP contribution in [0.5, 0.6) is 11.5 Å². The van der Waals surface area contributed by atoms with Gasteiger partial charge in [-0.3, -0.25) is 0 Å². The summed E-state index contributed by atoms with van der Waals surface area (Å²) < 4.78 is 80.7. The molecule has 8 rings (SSSR count). The van der Waals surface area contributed by atoms with E-state index in [0.29, 0.717) is 162 Å². The van der Waals surface area contributed by atoms with Crippen LogP contribution in [0.25, 0.3) is 0 Å². The van der Waals surface area contributed by atoms with Crippen LogP contribution in [0.3, 0.4) is 0 Å². The van der Waals surface area contributed by atoms with Crippen LogP contribution >= 0.6 is 46.4 Å². The number of rotatable bonds is 31. The maximum atomic E-state index is 13.7. The molecule has 4 aromatic rings. The van der Waals surface area contributed by atoms with Gasteiger partial charge >= 0.3 is 12.1 Å². The molecule has 2 heterocycles. The zero-order chi connectivity index (χ0) is 60.8. The van der Waals surface area contributed by atoms with Crippen LogP contribution < -0.4 is 30.7 Å². The summed E-state index contributed by atoms with van der Waals surface area (Å²) in [6, 6.07) is 17.6. The lowest BCUT2D eigenvalue weighted by molar-refractivity contribution is 0.0366. The minimum absolute atomic E-state index is 0.0280. The van der Waals surface area contributed by atoms with Gasteiger partial charge in [-0.2, -0.15) is 4.31 Å². The highest BCUT2D eigenvalue weighted by molar-refractivity contribution is 7.89. The lowest BCUT2D eigenvalue weighted by Gasteiger charge is -2.28. The van der Waals surface area contributed by atoms with Crippen LogP contribution in [-0.4, -0.2) is 189 Å². The number of fused-ring (bicyclic) bond motifs is 2. The van der Waals surface area contributed by atoms with Gasteiger partial charge in [0.15, 0.2) is 4.90 Å². The predicted octanol–water partition coefficient (Wildman–Crippen LogP) is 8.63. The molecule has 1 unspecified atom stereocenters. The third kappa shape index (κ3) is 18.4. The Kier molecular flexibility index (Phi) is 25.3. The summed E-state index contributed by atoms with van der Waals surface area (Å²) >= 11 is 24.6. The Hall–Kier alpha value is -3.88. The number of urea groups is 2. The molecule has 0 saturated carbocycles. The van der Waals surface area contributed by atoms with Crippen LogP contribution in [0.2, 0.25) is 20.1 Å². The topological polar surface area (TPSA) is 208 Å². The van der Waals surface area contributed by atoms with E-state index in [9.17, 15) is 22.6 Å². The number of carbonyl (C=O) groups excluding carboxylic acids is 2. The smallest absolute Gasteiger partial charge is 0.314 e. The SMILES string of the molecule is Cc1cc([S+]([O-])N2CC[C@H](COCCOCCNC(=O)NCCCCNC(=O)NCCOCCOC[C@H]3CCN(S(=O)(=O)c4ccc(O[C@H]5c6cc(Cl)cc(Cl)c6C[C@@H]5N(C)C)c(C)c4)C3)C2)ccc1O[C@H]1c2cc(Cl)cc(Cl)c2C[C@@H]1N(C)C. The van der Waals surface area contributed by atoms with Gasteiger partial charge < -0.3 is 64.0 Å². The minimum atomic E-state index is -3.73. The van der Waals surface area contributed by atoms with Gasteiger partial charge in [-0.25, -0.2) is 18.0 Å². The lowest BCUT2D eigenvalue weighted by atomic mass is 10.1. The first-order chi connectivity index (χ1) is 40.8. The van der Waals surface area contributed by atoms with Gasteiger partial charge in [0.05, 0.1) is 81.2 Å². The Bertz CT molecular complexity index is 3010. The van der Waals surface area contributed by atoms with E-state index in [1.807, 2.05) is 76.7 Å². The van der Waals surface area contributed by atoms with Gasteiger partial charge in [-0.1, -0.05) is 46.4 Å². The maximum Gasteiger partial charge on any atom is 0.314 e. The quantitative estimate of drug-likeness (QED) is 0.0275. The molecule has 0 aromatic heterocycles. The van der Waals surface area contributed by atoms with Crippen LogP contribution in [-0.2, 0) is 53.2 Å². The van der Waals surface area contributed by atoms with Gasteiger partial charge in [-0.05, 0) is 163 Å². The highest BCUT2D eigenvalue weighted by Crippen LogP contribution is 2.45. The summed E-state index contributed by atoms with van der Waals surface area (Å²) in [6.07, 6.45) is 3.85. The van der Waals surface area contributed by atoms with E-state index in [4.69, 9.17) is 74.8 Å². The predicted molar refractivity (Wildman–Crippen MR) is 333 cm³/mol. The monoisotopic (exact) mass is 1290 g/mol. The normalized spacial score (nSPS) is 20.9. The van der Waals surface area contributed by atoms with Crippen molar-refractivity contribution in [3.05, 3.63) is 114 Å². The van der Waals surface area contributed by atoms with Crippen LogP contribution in [0, 0.1) is 25.7 Å². The average molecular weight is 1300 g/mol. The van der Waals surface area contributed by atoms with Gasteiger partial charge in [-0.15, -0.1) is 4.31 Å². The summed E-state index contributed by atoms with van der Waals surface area (Å²) in [7, 11) is 4.33. The summed E-state index contributed by atoms with van der Waals surface area (Å²) in [5, 5.41) is 13.5. The zero-order valence-electron chi connectivity index (χ0n) is 49.4. The summed E-state index contributed by atoms with van der Waals surface area (Å²) in [6.45, 7) is 10.7. The number of carbonyl (C=O) groups is 2. The van der Waals surface area contributed by atoms with Crippen molar-refractivity contribution in [2.45, 2.75) is 86.5 Å². The van der Waals surface area contributed by atoms with Crippen molar-refractivity contribution in [1.82, 2.24) is 39.7 Å². The van der Waals surface area contributed by atoms with Gasteiger partial charge in [0.25, 0.3) is 0 Å². The van der Waals surface area contributed by atoms with Gasteiger partial charge in [0, 0.05) is 95.6 Å². The van der Waals surface area contributed by atoms with Crippen molar-refractivity contribution < 1.29 is 51.0 Å². The molecule has 2 fully saturated rings. The second kappa shape index (κ2) is 32.0. The molecule has 4 N–H and O–H groups in total. The summed E-state index contributed by atoms with van der Waals surface area (Å²) in [5.41, 5.74) is 5.62. The van der Waals surface area contributed by atoms with Crippen molar-refractivity contribution in [3.8, 4) is 11.5 Å². The second-order valence-electron chi connectivity index (χ2n) is 22.6. The molecule has 4 aliphatic rings. The largest absolute Gasteiger partial charge is 0.593 e. The number of hydrogen-bond donors (Lipinski definition) is 4. The molecule has 468 valence electrons. The molecule has 0 bridgehead atoms. The standard InChI is InChI=1S/C60H82Cl4N8O11S2/c1-39-27-45(9-11-55(39)82-57-49-29-43(61)31-51(63)47(49)33-53(57)69(3)4)84(75)71-19-13-41(35-71)37-80-25-23-78-21-17-67-59(73)65-15-7-8-16-66-60(74)68-18-22-79-24-26-81-38-42-14-20-72(36-42)85(76,77)46-10-12-56(40(2)28-46)83-58-50-30-44(62)32-52(64)48(50)34-54(58)70(5)6/h9-12,27-32,41-42,53-54,57-58H,7-8,13-26,33-38H2,1-6H3,(H2,65,67,73)(H2,66,68,74)/t41-,42-,53-,54-,57-,58-,84?/m0/s1. The average Bonchev–Trinajstić information content (AvgIpc) is 2.52. The van der Waals surface area contributed by atoms with E-state index < -0.39 is 21.4 Å². The minimum Gasteiger partial charge on any atom is -0.593 e. The molecule has 0 spiro atoms. The lowest BCUT2D eigenvalue weighted by Crippen LogP contribution is -2.39. The number of unbranched alkanes of at least 4 members (excludes halogenated alkanes) is 1. The number of ether oxygens (including phenoxy) is 6. The Morgan fingerprint density at radius 3 is 1.59 bits per heavy atom. The van der Waals surface area contributed by atoms with Crippen LogP contribution in [0.4, 0.5) is 9.59 Å². The highest BCUT2D eigenvalue weighted by atomic mass is 35.5. The molecule has 7 atom stereocenters. The Labute approximate surface area is 524 Å². The van der Waals surface area contributed by atoms with E-state index in [1.165, 1.54) is 4.31 Å². The van der Waals surface area contributed by atoms with Crippen LogP contribution in [0.1, 0.15) is 71.3 Å². The molecular formula is C60H82Cl4N8O11S2. The molecule has 2 aliphatic carbocycles. The summed E-state index contributed by atoms with van der Waals surface area (Å²) in [5.74, 6) is 1.65. The number of benzene rings is 4. The zero-order valence-corrected chi connectivity index (χ0v) is 54.1. The number of aryl methyl sites for hydroxylation is 2. The fourth-order valence-corrected chi connectivity index (χ4v) is 15.4. The molecule has 19 nitrogen and oxygen atoms in total. The first-order valence-corrected chi connectivity index (χ1v) is 33.2. The molecule has 2 aliphatic heterocycles. The molecule has 4 aromatic carbocycles. The van der Waals surface area contributed by atoms with E-state index in [2.05, 4.69) is 31.1 Å². The molecule has 0 radical (unpaired) electrons. The summed E-state index contributed by atoms with van der Waals surface area (Å²) in [4.78, 5) is 29.7. The first-order valence-electron chi connectivity index (χ1n) is 29.1. The first kappa shape index (κ1) is 67.1. The number of hydrogen-bond acceptors (Lipinski definition) is 14. The maximum absolute atomic E-state index is 13.7. The second-order valence-corrected chi connectivity index (χ2v) is 27.7. The molecule has 85 heavy (non-hydrogen) atoms. The Morgan fingerprint density at radius 1 is 0.612 bits per heavy atom. The fraction of sp³-hybridized carbons (Fsp3) is 0.567. The number of sulfonamides is 1. The number of likely N-dealkylation sites (N-methyl/N-ethyl adjacent to an activating group) is 2. The van der Waals surface area contributed by atoms with Crippen LogP contribution in [0.15, 0.2) is 70.5 Å². The van der Waals surface area contributed by atoms with E-state index in [0.717, 1.165) is 51.3 Å². The van der Waals surface area contributed by atoms with Crippen molar-refractivity contribution in [3.63, 3.8) is 0 Å². The van der Waals surface area contributed by atoms with Crippen molar-refractivity contribution in [2.24, 2.45) is 11.8 Å². The van der Waals surface area contributed by atoms with Crippen molar-refractivity contribution in [1.29, 1.82) is 0 Å². The van der Waals surface area contributed by atoms with E-state index in [1.54, 1.807) is 30.3 Å². The van der Waals surface area contributed by atoms with Crippen molar-refractivity contribution in [2.75, 3.05) is 133 Å². The number of nitrogens with one attached hydrogen (secondary N) is 4. The van der Waals surface area contributed by atoms with Gasteiger partial charge in [0.1, 0.15) is 23.7 Å². The third-order valence-corrected chi connectivity index (χ3v) is 20.3. The number of nitrogens with zero attached hydrogens (tertiary/aromatic N) is 4. The van der Waals surface area contributed by atoms with E-state index in [-0.39, 0.29) is 53.1 Å². The number of amides is 4. The fourth-order valence-electron chi connectivity index (χ4n) is 11.2. The van der Waals surface area contributed by atoms with Gasteiger partial charge in [0.2, 0.25) is 10.0 Å². The molecule has 4 amide bonds. The van der Waals surface area contributed by atoms with E-state index >= 15 is 0 Å². The molecular weight excluding hydrogens is 1210 g/mol. The highest BCUT2D eigenvalue weighted by Gasteiger charge is 2.40. The molecule has 2 saturated heterocycles. The third-order valence-electron chi connectivity index (χ3n) is 15.9. The van der Waals surface area contributed by atoms with Crippen molar-refractivity contribution >= 4 is 79.9 Å². The Morgan fingerprint density at radius 2 is 1.08 bits per heavy atom. The molecule has 25 heteroatoms. The Balaban J connectivity index is 0.586. The number of halogens is 4.